The van der Waals surface area contributed by atoms with E-state index in [-0.39, 0.29) is 47.6 Å². The lowest BCUT2D eigenvalue weighted by atomic mass is 10.3. The van der Waals surface area contributed by atoms with Crippen LogP contribution in [0.25, 0.3) is 0 Å². The summed E-state index contributed by atoms with van der Waals surface area (Å²) < 4.78 is 53.3. The second-order valence-electron chi connectivity index (χ2n) is 5.96. The number of rotatable bonds is 5. The molecule has 0 unspecified atom stereocenters. The second-order valence-corrected chi connectivity index (χ2v) is 8.92. The summed E-state index contributed by atoms with van der Waals surface area (Å²) in [5.74, 6) is -1.41. The molecular weight excluding hydrogens is 394 g/mol. The molecule has 1 aliphatic heterocycles. The highest BCUT2D eigenvalue weighted by molar-refractivity contribution is 8.00. The van der Waals surface area contributed by atoms with Crippen LogP contribution in [-0.4, -0.2) is 55.5 Å². The SMILES string of the molecule is O=C(CSc1cc(F)ccc1F)N1CCN(S(=O)(=O)c2ccccc2)CC1. The molecule has 0 bridgehead atoms. The van der Waals surface area contributed by atoms with Gasteiger partial charge in [0.15, 0.2) is 0 Å². The fraction of sp³-hybridized carbons (Fsp3) is 0.278. The standard InChI is InChI=1S/C18H18F2N2O3S2/c19-14-6-7-16(20)17(12-14)26-13-18(23)21-8-10-22(11-9-21)27(24,25)15-4-2-1-3-5-15/h1-7,12H,8-11,13H2. The number of hydrogen-bond donors (Lipinski definition) is 0. The topological polar surface area (TPSA) is 57.7 Å². The first-order valence-electron chi connectivity index (χ1n) is 8.29. The molecule has 2 aromatic rings. The fourth-order valence-electron chi connectivity index (χ4n) is 2.74. The van der Waals surface area contributed by atoms with Gasteiger partial charge in [-0.1, -0.05) is 18.2 Å². The van der Waals surface area contributed by atoms with Gasteiger partial charge in [-0.25, -0.2) is 17.2 Å². The quantitative estimate of drug-likeness (QED) is 0.709. The Balaban J connectivity index is 1.56. The van der Waals surface area contributed by atoms with Crippen molar-refractivity contribution in [1.82, 2.24) is 9.21 Å². The van der Waals surface area contributed by atoms with Gasteiger partial charge in [-0.15, -0.1) is 11.8 Å². The van der Waals surface area contributed by atoms with E-state index in [4.69, 9.17) is 0 Å². The summed E-state index contributed by atoms with van der Waals surface area (Å²) in [6.45, 7) is 0.915. The number of hydrogen-bond acceptors (Lipinski definition) is 4. The lowest BCUT2D eigenvalue weighted by Gasteiger charge is -2.34. The zero-order valence-corrected chi connectivity index (χ0v) is 16.0. The molecule has 9 heteroatoms. The van der Waals surface area contributed by atoms with Gasteiger partial charge in [0.2, 0.25) is 15.9 Å². The van der Waals surface area contributed by atoms with Crippen molar-refractivity contribution in [3.63, 3.8) is 0 Å². The number of halogens is 2. The Labute approximate surface area is 161 Å². The molecule has 1 amide bonds. The molecule has 0 aliphatic carbocycles. The third-order valence-electron chi connectivity index (χ3n) is 4.22. The van der Waals surface area contributed by atoms with Crippen molar-refractivity contribution in [1.29, 1.82) is 0 Å². The molecule has 0 N–H and O–H groups in total. The second kappa shape index (κ2) is 8.37. The molecule has 144 valence electrons. The molecule has 0 radical (unpaired) electrons. The molecule has 1 aliphatic rings. The lowest BCUT2D eigenvalue weighted by Crippen LogP contribution is -2.50. The van der Waals surface area contributed by atoms with E-state index in [0.29, 0.717) is 0 Å². The molecule has 3 rings (SSSR count). The molecule has 2 aromatic carbocycles. The van der Waals surface area contributed by atoms with Crippen LogP contribution >= 0.6 is 11.8 Å². The number of sulfonamides is 1. The first-order valence-corrected chi connectivity index (χ1v) is 10.7. The number of carbonyl (C=O) groups is 1. The van der Waals surface area contributed by atoms with Gasteiger partial charge < -0.3 is 4.90 Å². The smallest absolute Gasteiger partial charge is 0.243 e. The third kappa shape index (κ3) is 4.66. The van der Waals surface area contributed by atoms with Crippen molar-refractivity contribution >= 4 is 27.7 Å². The highest BCUT2D eigenvalue weighted by atomic mass is 32.2. The van der Waals surface area contributed by atoms with E-state index in [1.54, 1.807) is 23.1 Å². The molecule has 27 heavy (non-hydrogen) atoms. The van der Waals surface area contributed by atoms with Crippen molar-refractivity contribution < 1.29 is 22.0 Å². The number of piperazine rings is 1. The average Bonchev–Trinajstić information content (AvgIpc) is 2.69. The van der Waals surface area contributed by atoms with Crippen LogP contribution in [0.3, 0.4) is 0 Å². The largest absolute Gasteiger partial charge is 0.339 e. The van der Waals surface area contributed by atoms with E-state index >= 15 is 0 Å². The molecule has 1 saturated heterocycles. The van der Waals surface area contributed by atoms with Crippen LogP contribution in [0.4, 0.5) is 8.78 Å². The van der Waals surface area contributed by atoms with Crippen LogP contribution in [0.5, 0.6) is 0 Å². The summed E-state index contributed by atoms with van der Waals surface area (Å²) in [5, 5.41) is 0. The normalized spacial score (nSPS) is 15.7. The van der Waals surface area contributed by atoms with Crippen LogP contribution < -0.4 is 0 Å². The molecule has 1 heterocycles. The van der Waals surface area contributed by atoms with Gasteiger partial charge in [0.25, 0.3) is 0 Å². The average molecular weight is 412 g/mol. The molecule has 0 saturated carbocycles. The predicted octanol–water partition coefficient (Wildman–Crippen LogP) is 2.59. The fourth-order valence-corrected chi connectivity index (χ4v) is 5.04. The first kappa shape index (κ1) is 19.8. The Morgan fingerprint density at radius 3 is 2.33 bits per heavy atom. The van der Waals surface area contributed by atoms with Crippen LogP contribution in [0.1, 0.15) is 0 Å². The Hall–Kier alpha value is -1.97. The molecule has 0 atom stereocenters. The van der Waals surface area contributed by atoms with Crippen molar-refractivity contribution in [2.45, 2.75) is 9.79 Å². The van der Waals surface area contributed by atoms with E-state index in [9.17, 15) is 22.0 Å². The summed E-state index contributed by atoms with van der Waals surface area (Å²) in [6.07, 6.45) is 0. The third-order valence-corrected chi connectivity index (χ3v) is 7.14. The maximum Gasteiger partial charge on any atom is 0.243 e. The van der Waals surface area contributed by atoms with Crippen LogP contribution in [0, 0.1) is 11.6 Å². The number of thioether (sulfide) groups is 1. The van der Waals surface area contributed by atoms with Crippen molar-refractivity contribution in [2.24, 2.45) is 0 Å². The number of amides is 1. The maximum absolute atomic E-state index is 13.6. The molecular formula is C18H18F2N2O3S2. The minimum atomic E-state index is -3.58. The molecule has 1 fully saturated rings. The summed E-state index contributed by atoms with van der Waals surface area (Å²) in [4.78, 5) is 14.2. The lowest BCUT2D eigenvalue weighted by molar-refractivity contribution is -0.129. The monoisotopic (exact) mass is 412 g/mol. The highest BCUT2D eigenvalue weighted by Gasteiger charge is 2.29. The van der Waals surface area contributed by atoms with Gasteiger partial charge in [-0.2, -0.15) is 4.31 Å². The van der Waals surface area contributed by atoms with E-state index in [1.165, 1.54) is 16.4 Å². The first-order chi connectivity index (χ1) is 12.9. The number of nitrogens with zero attached hydrogens (tertiary/aromatic N) is 2. The summed E-state index contributed by atoms with van der Waals surface area (Å²) in [6, 6.07) is 11.2. The van der Waals surface area contributed by atoms with E-state index in [2.05, 4.69) is 0 Å². The van der Waals surface area contributed by atoms with Gasteiger partial charge in [0, 0.05) is 31.1 Å². The highest BCUT2D eigenvalue weighted by Crippen LogP contribution is 2.23. The molecule has 5 nitrogen and oxygen atoms in total. The summed E-state index contributed by atoms with van der Waals surface area (Å²) in [5.41, 5.74) is 0. The van der Waals surface area contributed by atoms with Gasteiger partial charge >= 0.3 is 0 Å². The Kier molecular flexibility index (Phi) is 6.13. The van der Waals surface area contributed by atoms with E-state index < -0.39 is 21.7 Å². The van der Waals surface area contributed by atoms with Gasteiger partial charge in [-0.05, 0) is 30.3 Å². The Morgan fingerprint density at radius 2 is 1.67 bits per heavy atom. The predicted molar refractivity (Wildman–Crippen MR) is 98.9 cm³/mol. The minimum Gasteiger partial charge on any atom is -0.339 e. The zero-order chi connectivity index (χ0) is 19.4. The van der Waals surface area contributed by atoms with Crippen LogP contribution in [0.15, 0.2) is 58.3 Å². The van der Waals surface area contributed by atoms with Crippen molar-refractivity contribution in [2.75, 3.05) is 31.9 Å². The van der Waals surface area contributed by atoms with Gasteiger partial charge in [0.1, 0.15) is 11.6 Å². The molecule has 0 spiro atoms. The Bertz CT molecular complexity index is 915. The summed E-state index contributed by atoms with van der Waals surface area (Å²) >= 11 is 0.928. The Morgan fingerprint density at radius 1 is 1.00 bits per heavy atom. The van der Waals surface area contributed by atoms with Crippen molar-refractivity contribution in [3.8, 4) is 0 Å². The van der Waals surface area contributed by atoms with E-state index in [0.717, 1.165) is 30.0 Å². The number of benzene rings is 2. The minimum absolute atomic E-state index is 0.0359. The van der Waals surface area contributed by atoms with E-state index in [1.807, 2.05) is 0 Å². The van der Waals surface area contributed by atoms with Gasteiger partial charge in [-0.3, -0.25) is 4.79 Å². The van der Waals surface area contributed by atoms with Crippen LogP contribution in [0.2, 0.25) is 0 Å². The molecule has 0 aromatic heterocycles. The zero-order valence-electron chi connectivity index (χ0n) is 14.3. The number of carbonyl (C=O) groups excluding carboxylic acids is 1. The van der Waals surface area contributed by atoms with Crippen LogP contribution in [-0.2, 0) is 14.8 Å². The maximum atomic E-state index is 13.6. The van der Waals surface area contributed by atoms with Crippen molar-refractivity contribution in [3.05, 3.63) is 60.2 Å². The van der Waals surface area contributed by atoms with Gasteiger partial charge in [0.05, 0.1) is 10.6 Å². The summed E-state index contributed by atoms with van der Waals surface area (Å²) in [7, 11) is -3.58.